The highest BCUT2D eigenvalue weighted by molar-refractivity contribution is 6.90. The third kappa shape index (κ3) is 8.79. The van der Waals surface area contributed by atoms with E-state index < -0.39 is 32.3 Å². The van der Waals surface area contributed by atoms with Crippen LogP contribution in [0, 0.1) is 0 Å². The van der Waals surface area contributed by atoms with Crippen LogP contribution in [0.15, 0.2) is 218 Å². The average Bonchev–Trinajstić information content (AvgIpc) is 4.13. The standard InChI is InChI=1S/C74H72N2Si4/c1-77(2,3)53-33-39-69-63(45-53)64-46-54(78(4,5)6)34-40-70(64)75(69)51-31-37-61-67(43-51)73(59-29-21-19-27-57(59)49-23-15-13-16-24-49)62-38-32-52(44-68(62)74(61)60-30-22-20-28-58(60)50-25-17-14-18-26-50)76-71-41-35-55(79(7,8)9)47-65(71)66-48-56(80(10,11)12)36-42-72(66)76/h13-48H,1-12H3. The van der Waals surface area contributed by atoms with Gasteiger partial charge in [0.05, 0.1) is 54.4 Å². The summed E-state index contributed by atoms with van der Waals surface area (Å²) >= 11 is 0. The second-order valence-electron chi connectivity index (χ2n) is 26.6. The van der Waals surface area contributed by atoms with Gasteiger partial charge in [0.1, 0.15) is 0 Å². The number of hydrogen-bond acceptors (Lipinski definition) is 0. The Morgan fingerprint density at radius 2 is 0.500 bits per heavy atom. The van der Waals surface area contributed by atoms with Crippen molar-refractivity contribution in [2.75, 3.05) is 0 Å². The van der Waals surface area contributed by atoms with Crippen molar-refractivity contribution in [3.05, 3.63) is 218 Å². The lowest BCUT2D eigenvalue weighted by atomic mass is 9.82. The molecule has 0 aliphatic carbocycles. The van der Waals surface area contributed by atoms with Crippen molar-refractivity contribution in [2.45, 2.75) is 78.6 Å². The van der Waals surface area contributed by atoms with Gasteiger partial charge in [-0.25, -0.2) is 0 Å². The molecule has 0 amide bonds. The molecule has 80 heavy (non-hydrogen) atoms. The predicted octanol–water partition coefficient (Wildman–Crippen LogP) is 19.0. The first-order valence-corrected chi connectivity index (χ1v) is 42.7. The zero-order valence-corrected chi connectivity index (χ0v) is 52.7. The summed E-state index contributed by atoms with van der Waals surface area (Å²) in [6.45, 7) is 29.6. The van der Waals surface area contributed by atoms with E-state index in [0.29, 0.717) is 0 Å². The van der Waals surface area contributed by atoms with Crippen LogP contribution < -0.4 is 20.7 Å². The molecule has 2 aromatic heterocycles. The van der Waals surface area contributed by atoms with Gasteiger partial charge in [0.15, 0.2) is 0 Å². The summed E-state index contributed by atoms with van der Waals surface area (Å²) in [5.41, 5.74) is 17.1. The van der Waals surface area contributed by atoms with Crippen LogP contribution in [-0.4, -0.2) is 41.4 Å². The van der Waals surface area contributed by atoms with Crippen LogP contribution in [0.2, 0.25) is 78.6 Å². The Balaban J connectivity index is 1.19. The van der Waals surface area contributed by atoms with Crippen molar-refractivity contribution >= 4 is 118 Å². The van der Waals surface area contributed by atoms with Gasteiger partial charge in [-0.2, -0.15) is 0 Å². The Morgan fingerprint density at radius 1 is 0.225 bits per heavy atom. The fraction of sp³-hybridized carbons (Fsp3) is 0.162. The zero-order valence-electron chi connectivity index (χ0n) is 48.7. The van der Waals surface area contributed by atoms with Crippen molar-refractivity contribution in [3.8, 4) is 55.9 Å². The van der Waals surface area contributed by atoms with Gasteiger partial charge < -0.3 is 9.13 Å². The first kappa shape index (κ1) is 51.8. The largest absolute Gasteiger partial charge is 0.309 e. The highest BCUT2D eigenvalue weighted by Gasteiger charge is 2.28. The minimum absolute atomic E-state index is 1.16. The normalized spacial score (nSPS) is 12.8. The van der Waals surface area contributed by atoms with Gasteiger partial charge in [0, 0.05) is 32.9 Å². The molecule has 0 radical (unpaired) electrons. The maximum absolute atomic E-state index is 2.56. The molecule has 13 rings (SSSR count). The van der Waals surface area contributed by atoms with Crippen LogP contribution in [0.5, 0.6) is 0 Å². The maximum atomic E-state index is 2.56. The van der Waals surface area contributed by atoms with E-state index in [1.54, 1.807) is 0 Å². The number of nitrogens with zero attached hydrogens (tertiary/aromatic N) is 2. The molecular formula is C74H72N2Si4. The Kier molecular flexibility index (Phi) is 12.3. The molecule has 0 aliphatic heterocycles. The molecule has 11 aromatic carbocycles. The predicted molar refractivity (Wildman–Crippen MR) is 364 cm³/mol. The highest BCUT2D eigenvalue weighted by Crippen LogP contribution is 2.50. The van der Waals surface area contributed by atoms with E-state index in [9.17, 15) is 0 Å². The van der Waals surface area contributed by atoms with Gasteiger partial charge in [0.2, 0.25) is 0 Å². The molecule has 0 saturated carbocycles. The molecular weight excluding hydrogens is 1030 g/mol. The Morgan fingerprint density at radius 3 is 0.787 bits per heavy atom. The summed E-state index contributed by atoms with van der Waals surface area (Å²) in [5, 5.41) is 16.2. The van der Waals surface area contributed by atoms with Crippen molar-refractivity contribution in [1.82, 2.24) is 9.13 Å². The summed E-state index contributed by atoms with van der Waals surface area (Å²) in [6.07, 6.45) is 0. The fourth-order valence-electron chi connectivity index (χ4n) is 12.7. The van der Waals surface area contributed by atoms with Crippen LogP contribution in [-0.2, 0) is 0 Å². The summed E-state index contributed by atoms with van der Waals surface area (Å²) in [5.74, 6) is 0. The Hall–Kier alpha value is -7.59. The lowest BCUT2D eigenvalue weighted by molar-refractivity contribution is 1.18. The van der Waals surface area contributed by atoms with Crippen molar-refractivity contribution in [2.24, 2.45) is 0 Å². The molecule has 0 unspecified atom stereocenters. The van der Waals surface area contributed by atoms with Gasteiger partial charge >= 0.3 is 0 Å². The quantitative estimate of drug-likeness (QED) is 0.0954. The van der Waals surface area contributed by atoms with Gasteiger partial charge in [-0.05, 0) is 115 Å². The number of rotatable bonds is 10. The molecule has 0 aliphatic rings. The molecule has 13 aromatic rings. The van der Waals surface area contributed by atoms with Crippen LogP contribution in [0.25, 0.3) is 121 Å². The van der Waals surface area contributed by atoms with Crippen molar-refractivity contribution in [1.29, 1.82) is 0 Å². The second kappa shape index (κ2) is 19.0. The van der Waals surface area contributed by atoms with Crippen LogP contribution in [0.3, 0.4) is 0 Å². The molecule has 2 nitrogen and oxygen atoms in total. The molecule has 6 heteroatoms. The molecule has 0 spiro atoms. The molecule has 0 bridgehead atoms. The van der Waals surface area contributed by atoms with Gasteiger partial charge in [-0.15, -0.1) is 0 Å². The average molecular weight is 1100 g/mol. The van der Waals surface area contributed by atoms with Crippen molar-refractivity contribution < 1.29 is 0 Å². The van der Waals surface area contributed by atoms with E-state index in [-0.39, 0.29) is 0 Å². The molecule has 0 atom stereocenters. The minimum Gasteiger partial charge on any atom is -0.309 e. The van der Waals surface area contributed by atoms with E-state index in [2.05, 4.69) is 306 Å². The summed E-state index contributed by atoms with van der Waals surface area (Å²) in [6, 6.07) is 84.6. The first-order chi connectivity index (χ1) is 38.2. The molecule has 0 saturated heterocycles. The zero-order chi connectivity index (χ0) is 55.6. The van der Waals surface area contributed by atoms with E-state index in [1.807, 2.05) is 0 Å². The summed E-state index contributed by atoms with van der Waals surface area (Å²) < 4.78 is 5.13. The van der Waals surface area contributed by atoms with E-state index >= 15 is 0 Å². The highest BCUT2D eigenvalue weighted by atomic mass is 28.3. The minimum atomic E-state index is -1.63. The summed E-state index contributed by atoms with van der Waals surface area (Å²) in [4.78, 5) is 0. The van der Waals surface area contributed by atoms with Gasteiger partial charge in [-0.3, -0.25) is 0 Å². The van der Waals surface area contributed by atoms with Gasteiger partial charge in [-0.1, -0.05) is 269 Å². The van der Waals surface area contributed by atoms with E-state index in [4.69, 9.17) is 0 Å². The molecule has 0 fully saturated rings. The first-order valence-electron chi connectivity index (χ1n) is 28.7. The third-order valence-corrected chi connectivity index (χ3v) is 25.3. The van der Waals surface area contributed by atoms with Crippen LogP contribution in [0.4, 0.5) is 0 Å². The van der Waals surface area contributed by atoms with E-state index in [1.165, 1.54) is 130 Å². The Labute approximate surface area is 477 Å². The molecule has 394 valence electrons. The second-order valence-corrected chi connectivity index (χ2v) is 46.9. The monoisotopic (exact) mass is 1100 g/mol. The third-order valence-electron chi connectivity index (χ3n) is 17.2. The number of fused-ring (bicyclic) bond motifs is 8. The number of hydrogen-bond donors (Lipinski definition) is 0. The fourth-order valence-corrected chi connectivity index (χ4v) is 17.3. The SMILES string of the molecule is C[Si](C)(C)c1ccc2c(c1)c1cc([Si](C)(C)C)ccc1n2-c1ccc2c(-c3ccccc3-c3ccccc3)c3cc(-n4c5ccc([Si](C)(C)C)cc5c5cc([Si](C)(C)C)ccc54)ccc3c(-c3ccccc3-c3ccccc3)c2c1. The molecule has 2 heterocycles. The van der Waals surface area contributed by atoms with Gasteiger partial charge in [0.25, 0.3) is 0 Å². The van der Waals surface area contributed by atoms with Crippen LogP contribution in [0.1, 0.15) is 0 Å². The smallest absolute Gasteiger partial charge is 0.0776 e. The lowest BCUT2D eigenvalue weighted by Gasteiger charge is -2.23. The van der Waals surface area contributed by atoms with E-state index in [0.717, 1.165) is 11.4 Å². The Bertz CT molecular complexity index is 4170. The molecule has 0 N–H and O–H groups in total. The van der Waals surface area contributed by atoms with Crippen LogP contribution >= 0.6 is 0 Å². The maximum Gasteiger partial charge on any atom is 0.0776 e. The number of benzene rings is 11. The van der Waals surface area contributed by atoms with Crippen molar-refractivity contribution in [3.63, 3.8) is 0 Å². The topological polar surface area (TPSA) is 9.86 Å². The summed E-state index contributed by atoms with van der Waals surface area (Å²) in [7, 11) is -6.54. The lowest BCUT2D eigenvalue weighted by Crippen LogP contribution is -2.37. The number of aromatic nitrogens is 2.